The van der Waals surface area contributed by atoms with E-state index in [2.05, 4.69) is 20.7 Å². The molecule has 0 fully saturated rings. The molecule has 0 atom stereocenters. The summed E-state index contributed by atoms with van der Waals surface area (Å²) in [7, 11) is 0. The Kier molecular flexibility index (Phi) is 5.66. The van der Waals surface area contributed by atoms with Crippen LogP contribution in [0.25, 0.3) is 16.9 Å². The summed E-state index contributed by atoms with van der Waals surface area (Å²) < 4.78 is 6.80. The Morgan fingerprint density at radius 2 is 1.87 bits per heavy atom. The molecule has 30 heavy (non-hydrogen) atoms. The minimum Gasteiger partial charge on any atom is -0.467 e. The number of carbonyl (C=O) groups excluding carboxylic acids is 2. The predicted molar refractivity (Wildman–Crippen MR) is 110 cm³/mol. The smallest absolute Gasteiger partial charge is 0.255 e. The van der Waals surface area contributed by atoms with Gasteiger partial charge in [0.1, 0.15) is 11.5 Å². The van der Waals surface area contributed by atoms with Gasteiger partial charge in [-0.3, -0.25) is 14.6 Å². The van der Waals surface area contributed by atoms with Gasteiger partial charge in [0.05, 0.1) is 30.6 Å². The first kappa shape index (κ1) is 19.1. The molecule has 0 radical (unpaired) electrons. The zero-order valence-corrected chi connectivity index (χ0v) is 16.0. The van der Waals surface area contributed by atoms with Crippen molar-refractivity contribution in [2.75, 3.05) is 6.54 Å². The first-order valence-corrected chi connectivity index (χ1v) is 9.33. The molecule has 8 nitrogen and oxygen atoms in total. The lowest BCUT2D eigenvalue weighted by Gasteiger charge is -2.06. The van der Waals surface area contributed by atoms with Crippen LogP contribution in [0.5, 0.6) is 0 Å². The number of amides is 2. The van der Waals surface area contributed by atoms with E-state index in [1.165, 1.54) is 6.26 Å². The quantitative estimate of drug-likeness (QED) is 0.496. The Morgan fingerprint density at radius 1 is 1.00 bits per heavy atom. The molecule has 150 valence electrons. The Balaban J connectivity index is 1.50. The average Bonchev–Trinajstić information content (AvgIpc) is 3.47. The molecule has 3 heterocycles. The molecule has 2 amide bonds. The lowest BCUT2D eigenvalue weighted by molar-refractivity contribution is -0.120. The molecule has 4 rings (SSSR count). The van der Waals surface area contributed by atoms with Crippen LogP contribution in [-0.2, 0) is 11.3 Å². The average molecular weight is 401 g/mol. The maximum atomic E-state index is 12.8. The molecule has 2 N–H and O–H groups in total. The molecule has 0 spiro atoms. The molecule has 0 saturated carbocycles. The number of hydrogen-bond acceptors (Lipinski definition) is 5. The molecular weight excluding hydrogens is 382 g/mol. The number of nitrogens with zero attached hydrogens (tertiary/aromatic N) is 3. The zero-order chi connectivity index (χ0) is 20.8. The molecule has 0 aliphatic heterocycles. The van der Waals surface area contributed by atoms with E-state index in [1.807, 2.05) is 36.4 Å². The van der Waals surface area contributed by atoms with Crippen molar-refractivity contribution in [1.82, 2.24) is 25.4 Å². The third-order valence-corrected chi connectivity index (χ3v) is 4.36. The lowest BCUT2D eigenvalue weighted by Crippen LogP contribution is -2.36. The fraction of sp³-hybridized carbons (Fsp3) is 0.0909. The second-order valence-corrected chi connectivity index (χ2v) is 6.45. The summed E-state index contributed by atoms with van der Waals surface area (Å²) in [5.74, 6) is -0.0833. The van der Waals surface area contributed by atoms with Gasteiger partial charge in [0.2, 0.25) is 5.91 Å². The monoisotopic (exact) mass is 401 g/mol. The van der Waals surface area contributed by atoms with E-state index < -0.39 is 5.91 Å². The maximum absolute atomic E-state index is 12.8. The molecule has 4 aromatic rings. The lowest BCUT2D eigenvalue weighted by atomic mass is 10.1. The number of pyridine rings is 1. The van der Waals surface area contributed by atoms with Crippen LogP contribution in [0.1, 0.15) is 16.1 Å². The van der Waals surface area contributed by atoms with Gasteiger partial charge in [-0.25, -0.2) is 4.68 Å². The van der Waals surface area contributed by atoms with Crippen molar-refractivity contribution in [2.45, 2.75) is 6.54 Å². The third kappa shape index (κ3) is 4.44. The van der Waals surface area contributed by atoms with Crippen LogP contribution < -0.4 is 10.6 Å². The third-order valence-electron chi connectivity index (χ3n) is 4.36. The van der Waals surface area contributed by atoms with Crippen LogP contribution in [0.15, 0.2) is 83.9 Å². The number of nitrogens with one attached hydrogen (secondary N) is 2. The van der Waals surface area contributed by atoms with Gasteiger partial charge >= 0.3 is 0 Å². The van der Waals surface area contributed by atoms with E-state index in [0.29, 0.717) is 22.6 Å². The summed E-state index contributed by atoms with van der Waals surface area (Å²) in [6.07, 6.45) is 6.48. The van der Waals surface area contributed by atoms with Crippen LogP contribution in [0.3, 0.4) is 0 Å². The molecule has 0 aliphatic rings. The number of carbonyl (C=O) groups is 2. The number of aromatic nitrogens is 3. The van der Waals surface area contributed by atoms with Crippen LogP contribution >= 0.6 is 0 Å². The van der Waals surface area contributed by atoms with Gasteiger partial charge in [0.25, 0.3) is 5.91 Å². The number of furan rings is 1. The second kappa shape index (κ2) is 8.87. The minimum absolute atomic E-state index is 0.164. The summed E-state index contributed by atoms with van der Waals surface area (Å²) in [6.45, 7) is 0.0944. The Labute approximate surface area is 172 Å². The highest BCUT2D eigenvalue weighted by Crippen LogP contribution is 2.23. The first-order chi connectivity index (χ1) is 14.7. The number of rotatable bonds is 7. The van der Waals surface area contributed by atoms with E-state index in [0.717, 1.165) is 5.69 Å². The molecule has 1 aromatic carbocycles. The Hall–Kier alpha value is -4.20. The number of hydrogen-bond donors (Lipinski definition) is 2. The second-order valence-electron chi connectivity index (χ2n) is 6.45. The topological polar surface area (TPSA) is 102 Å². The normalized spacial score (nSPS) is 10.5. The van der Waals surface area contributed by atoms with Crippen LogP contribution in [0.2, 0.25) is 0 Å². The van der Waals surface area contributed by atoms with E-state index in [-0.39, 0.29) is 19.0 Å². The van der Waals surface area contributed by atoms with Crippen LogP contribution in [0, 0.1) is 0 Å². The molecule has 0 aliphatic carbocycles. The summed E-state index contributed by atoms with van der Waals surface area (Å²) in [5.41, 5.74) is 2.36. The van der Waals surface area contributed by atoms with Crippen molar-refractivity contribution in [3.63, 3.8) is 0 Å². The van der Waals surface area contributed by atoms with Gasteiger partial charge < -0.3 is 15.1 Å². The van der Waals surface area contributed by atoms with Crippen molar-refractivity contribution in [1.29, 1.82) is 0 Å². The van der Waals surface area contributed by atoms with Gasteiger partial charge in [0, 0.05) is 24.2 Å². The standard InChI is InChI=1S/C22H19N5O3/c28-20(24-13-18-9-5-11-30-18)14-25-22(29)19-15-27(17-7-2-1-3-8-17)26-21(19)16-6-4-10-23-12-16/h1-12,15H,13-14H2,(H,24,28)(H,25,29). The van der Waals surface area contributed by atoms with Gasteiger partial charge in [0.15, 0.2) is 0 Å². The van der Waals surface area contributed by atoms with Crippen molar-refractivity contribution < 1.29 is 14.0 Å². The van der Waals surface area contributed by atoms with Gasteiger partial charge in [-0.2, -0.15) is 5.10 Å². The Bertz CT molecular complexity index is 1120. The van der Waals surface area contributed by atoms with Crippen molar-refractivity contribution in [2.24, 2.45) is 0 Å². The molecule has 0 saturated heterocycles. The van der Waals surface area contributed by atoms with Crippen LogP contribution in [-0.4, -0.2) is 33.1 Å². The molecule has 8 heteroatoms. The molecule has 3 aromatic heterocycles. The zero-order valence-electron chi connectivity index (χ0n) is 16.0. The molecule has 0 unspecified atom stereocenters. The number of para-hydroxylation sites is 1. The van der Waals surface area contributed by atoms with Crippen molar-refractivity contribution in [3.8, 4) is 16.9 Å². The molecule has 0 bridgehead atoms. The van der Waals surface area contributed by atoms with Crippen molar-refractivity contribution >= 4 is 11.8 Å². The summed E-state index contributed by atoms with van der Waals surface area (Å²) in [5, 5.41) is 9.91. The summed E-state index contributed by atoms with van der Waals surface area (Å²) in [6, 6.07) is 16.6. The highest BCUT2D eigenvalue weighted by molar-refractivity contribution is 6.01. The fourth-order valence-corrected chi connectivity index (χ4v) is 2.89. The summed E-state index contributed by atoms with van der Waals surface area (Å²) in [4.78, 5) is 29.0. The highest BCUT2D eigenvalue weighted by atomic mass is 16.3. The van der Waals surface area contributed by atoms with Crippen LogP contribution in [0.4, 0.5) is 0 Å². The predicted octanol–water partition coefficient (Wildman–Crippen LogP) is 2.57. The SMILES string of the molecule is O=C(CNC(=O)c1cn(-c2ccccc2)nc1-c1cccnc1)NCc1ccco1. The van der Waals surface area contributed by atoms with Gasteiger partial charge in [-0.05, 0) is 36.4 Å². The van der Waals surface area contributed by atoms with Gasteiger partial charge in [-0.1, -0.05) is 18.2 Å². The number of benzene rings is 1. The molecular formula is C22H19N5O3. The largest absolute Gasteiger partial charge is 0.467 e. The Morgan fingerprint density at radius 3 is 2.60 bits per heavy atom. The maximum Gasteiger partial charge on any atom is 0.255 e. The fourth-order valence-electron chi connectivity index (χ4n) is 2.89. The van der Waals surface area contributed by atoms with E-state index >= 15 is 0 Å². The minimum atomic E-state index is -0.399. The van der Waals surface area contributed by atoms with Crippen molar-refractivity contribution in [3.05, 3.63) is 90.8 Å². The first-order valence-electron chi connectivity index (χ1n) is 9.33. The summed E-state index contributed by atoms with van der Waals surface area (Å²) >= 11 is 0. The highest BCUT2D eigenvalue weighted by Gasteiger charge is 2.19. The van der Waals surface area contributed by atoms with E-state index in [4.69, 9.17) is 4.42 Å². The van der Waals surface area contributed by atoms with E-state index in [9.17, 15) is 9.59 Å². The van der Waals surface area contributed by atoms with Gasteiger partial charge in [-0.15, -0.1) is 0 Å². The van der Waals surface area contributed by atoms with E-state index in [1.54, 1.807) is 41.5 Å².